The van der Waals surface area contributed by atoms with Crippen LogP contribution in [0.1, 0.15) is 29.7 Å². The molecule has 0 unspecified atom stereocenters. The van der Waals surface area contributed by atoms with E-state index in [1.165, 1.54) is 9.87 Å². The number of hydrogen-bond acceptors (Lipinski definition) is 3. The van der Waals surface area contributed by atoms with Gasteiger partial charge in [0.1, 0.15) is 6.04 Å². The summed E-state index contributed by atoms with van der Waals surface area (Å²) in [6.07, 6.45) is 0. The van der Waals surface area contributed by atoms with Gasteiger partial charge in [-0.25, -0.2) is 8.42 Å². The standard InChI is InChI=1S/C22H29N3O3S/c1-17-9-10-21(18(2)15-17)29(27,28)25-13-11-24(12-14-25)22(26)16-23-19(3)20-7-5-4-6-8-20/h4-10,15,19,23H,11-14,16H2,1-3H3/p+1/t19-/m0/s1. The monoisotopic (exact) mass is 416 g/mol. The average molecular weight is 417 g/mol. The second-order valence-electron chi connectivity index (χ2n) is 7.69. The molecule has 156 valence electrons. The Morgan fingerprint density at radius 1 is 1.03 bits per heavy atom. The van der Waals surface area contributed by atoms with Crippen molar-refractivity contribution < 1.29 is 18.5 Å². The molecule has 2 N–H and O–H groups in total. The van der Waals surface area contributed by atoms with Crippen molar-refractivity contribution in [2.75, 3.05) is 32.7 Å². The molecular weight excluding hydrogens is 386 g/mol. The van der Waals surface area contributed by atoms with E-state index in [2.05, 4.69) is 19.1 Å². The number of benzene rings is 2. The van der Waals surface area contributed by atoms with Crippen LogP contribution in [0.3, 0.4) is 0 Å². The quantitative estimate of drug-likeness (QED) is 0.775. The van der Waals surface area contributed by atoms with Crippen molar-refractivity contribution >= 4 is 15.9 Å². The lowest BCUT2D eigenvalue weighted by Crippen LogP contribution is -2.87. The van der Waals surface area contributed by atoms with Crippen LogP contribution in [0.2, 0.25) is 0 Å². The Hall–Kier alpha value is -2.22. The number of piperazine rings is 1. The van der Waals surface area contributed by atoms with E-state index in [1.807, 2.05) is 49.5 Å². The number of sulfonamides is 1. The SMILES string of the molecule is Cc1ccc(S(=O)(=O)N2CCN(C(=O)C[NH2+][C@@H](C)c3ccccc3)CC2)c(C)c1. The highest BCUT2D eigenvalue weighted by molar-refractivity contribution is 7.89. The van der Waals surface area contributed by atoms with Gasteiger partial charge in [-0.1, -0.05) is 48.0 Å². The second kappa shape index (κ2) is 9.07. The minimum absolute atomic E-state index is 0.0522. The molecule has 29 heavy (non-hydrogen) atoms. The molecule has 6 nitrogen and oxygen atoms in total. The van der Waals surface area contributed by atoms with Gasteiger partial charge in [-0.05, 0) is 32.4 Å². The van der Waals surface area contributed by atoms with Crippen molar-refractivity contribution in [1.29, 1.82) is 0 Å². The maximum atomic E-state index is 13.0. The Kier molecular flexibility index (Phi) is 6.72. The van der Waals surface area contributed by atoms with Gasteiger partial charge in [-0.3, -0.25) is 4.79 Å². The van der Waals surface area contributed by atoms with E-state index in [1.54, 1.807) is 11.0 Å². The molecule has 0 saturated carbocycles. The third-order valence-electron chi connectivity index (χ3n) is 5.51. The molecule has 7 heteroatoms. The highest BCUT2D eigenvalue weighted by atomic mass is 32.2. The van der Waals surface area contributed by atoms with Crippen molar-refractivity contribution in [3.05, 3.63) is 65.2 Å². The summed E-state index contributed by atoms with van der Waals surface area (Å²) in [5.74, 6) is 0.0522. The van der Waals surface area contributed by atoms with Gasteiger partial charge in [0.05, 0.1) is 4.90 Å². The van der Waals surface area contributed by atoms with Gasteiger partial charge in [0.2, 0.25) is 10.0 Å². The molecule has 0 spiro atoms. The van der Waals surface area contributed by atoms with E-state index >= 15 is 0 Å². The Morgan fingerprint density at radius 3 is 2.31 bits per heavy atom. The summed E-state index contributed by atoms with van der Waals surface area (Å²) in [7, 11) is -3.53. The van der Waals surface area contributed by atoms with E-state index in [9.17, 15) is 13.2 Å². The fraction of sp³-hybridized carbons (Fsp3) is 0.409. The molecule has 1 aliphatic heterocycles. The van der Waals surface area contributed by atoms with Crippen molar-refractivity contribution in [2.24, 2.45) is 0 Å². The summed E-state index contributed by atoms with van der Waals surface area (Å²) < 4.78 is 27.5. The van der Waals surface area contributed by atoms with Gasteiger partial charge in [0.25, 0.3) is 5.91 Å². The number of amides is 1. The maximum Gasteiger partial charge on any atom is 0.277 e. The van der Waals surface area contributed by atoms with Crippen LogP contribution in [0.4, 0.5) is 0 Å². The van der Waals surface area contributed by atoms with Crippen LogP contribution in [0, 0.1) is 13.8 Å². The largest absolute Gasteiger partial charge is 0.335 e. The fourth-order valence-corrected chi connectivity index (χ4v) is 5.33. The van der Waals surface area contributed by atoms with Crippen LogP contribution in [-0.2, 0) is 14.8 Å². The Bertz CT molecular complexity index is 953. The zero-order valence-corrected chi connectivity index (χ0v) is 18.2. The van der Waals surface area contributed by atoms with Crippen molar-refractivity contribution in [2.45, 2.75) is 31.7 Å². The van der Waals surface area contributed by atoms with E-state index in [0.717, 1.165) is 11.1 Å². The third kappa shape index (κ3) is 5.04. The van der Waals surface area contributed by atoms with E-state index < -0.39 is 10.0 Å². The zero-order chi connectivity index (χ0) is 21.0. The van der Waals surface area contributed by atoms with Gasteiger partial charge < -0.3 is 10.2 Å². The summed E-state index contributed by atoms with van der Waals surface area (Å²) in [5, 5.41) is 2.02. The molecule has 0 bridgehead atoms. The smallest absolute Gasteiger partial charge is 0.277 e. The summed E-state index contributed by atoms with van der Waals surface area (Å²) in [6.45, 7) is 7.72. The minimum Gasteiger partial charge on any atom is -0.335 e. The van der Waals surface area contributed by atoms with Crippen LogP contribution >= 0.6 is 0 Å². The molecule has 1 amide bonds. The van der Waals surface area contributed by atoms with Gasteiger partial charge in [0, 0.05) is 31.7 Å². The molecule has 1 atom stereocenters. The van der Waals surface area contributed by atoms with Crippen molar-refractivity contribution in [3.8, 4) is 0 Å². The lowest BCUT2D eigenvalue weighted by molar-refractivity contribution is -0.683. The number of quaternary nitrogens is 1. The molecule has 1 saturated heterocycles. The van der Waals surface area contributed by atoms with Gasteiger partial charge in [0.15, 0.2) is 6.54 Å². The Balaban J connectivity index is 1.55. The lowest BCUT2D eigenvalue weighted by atomic mass is 10.1. The summed E-state index contributed by atoms with van der Waals surface area (Å²) in [5.41, 5.74) is 2.98. The molecule has 0 aromatic heterocycles. The zero-order valence-electron chi connectivity index (χ0n) is 17.3. The fourth-order valence-electron chi connectivity index (χ4n) is 3.71. The topological polar surface area (TPSA) is 74.3 Å². The number of nitrogens with zero attached hydrogens (tertiary/aromatic N) is 2. The number of nitrogens with two attached hydrogens (primary N) is 1. The minimum atomic E-state index is -3.53. The summed E-state index contributed by atoms with van der Waals surface area (Å²) in [4.78, 5) is 14.7. The Morgan fingerprint density at radius 2 is 1.69 bits per heavy atom. The van der Waals surface area contributed by atoms with Crippen LogP contribution in [-0.4, -0.2) is 56.3 Å². The highest BCUT2D eigenvalue weighted by Gasteiger charge is 2.31. The Labute approximate surface area is 173 Å². The molecule has 0 aliphatic carbocycles. The molecular formula is C22H30N3O3S+. The van der Waals surface area contributed by atoms with Crippen LogP contribution in [0.15, 0.2) is 53.4 Å². The first-order chi connectivity index (χ1) is 13.8. The number of rotatable bonds is 6. The number of aryl methyl sites for hydroxylation is 2. The van der Waals surface area contributed by atoms with Crippen molar-refractivity contribution in [3.63, 3.8) is 0 Å². The molecule has 3 rings (SSSR count). The van der Waals surface area contributed by atoms with Gasteiger partial charge in [-0.2, -0.15) is 4.31 Å². The van der Waals surface area contributed by atoms with Crippen molar-refractivity contribution in [1.82, 2.24) is 9.21 Å². The predicted molar refractivity (Wildman–Crippen MR) is 113 cm³/mol. The number of carbonyl (C=O) groups excluding carboxylic acids is 1. The maximum absolute atomic E-state index is 13.0. The predicted octanol–water partition coefficient (Wildman–Crippen LogP) is 1.46. The van der Waals surface area contributed by atoms with Crippen LogP contribution in [0.25, 0.3) is 0 Å². The first kappa shape index (κ1) is 21.5. The lowest BCUT2D eigenvalue weighted by Gasteiger charge is -2.34. The van der Waals surface area contributed by atoms with E-state index in [4.69, 9.17) is 0 Å². The first-order valence-electron chi connectivity index (χ1n) is 10.0. The second-order valence-corrected chi connectivity index (χ2v) is 9.60. The molecule has 1 aliphatic rings. The van der Waals surface area contributed by atoms with Gasteiger partial charge >= 0.3 is 0 Å². The number of carbonyl (C=O) groups is 1. The summed E-state index contributed by atoms with van der Waals surface area (Å²) in [6, 6.07) is 15.7. The molecule has 1 heterocycles. The normalized spacial score (nSPS) is 16.6. The van der Waals surface area contributed by atoms with E-state index in [0.29, 0.717) is 37.6 Å². The summed E-state index contributed by atoms with van der Waals surface area (Å²) >= 11 is 0. The van der Waals surface area contributed by atoms with Crippen LogP contribution in [0.5, 0.6) is 0 Å². The number of hydrogen-bond donors (Lipinski definition) is 1. The van der Waals surface area contributed by atoms with Crippen LogP contribution < -0.4 is 5.32 Å². The average Bonchev–Trinajstić information content (AvgIpc) is 2.72. The molecule has 0 radical (unpaired) electrons. The molecule has 2 aromatic carbocycles. The highest BCUT2D eigenvalue weighted by Crippen LogP contribution is 2.22. The van der Waals surface area contributed by atoms with E-state index in [-0.39, 0.29) is 11.9 Å². The molecule has 1 fully saturated rings. The first-order valence-corrected chi connectivity index (χ1v) is 11.5. The molecule has 2 aromatic rings. The third-order valence-corrected chi connectivity index (χ3v) is 7.57. The van der Waals surface area contributed by atoms with Gasteiger partial charge in [-0.15, -0.1) is 0 Å².